The average Bonchev–Trinajstić information content (AvgIpc) is 2.20. The topological polar surface area (TPSA) is 12.0 Å². The summed E-state index contributed by atoms with van der Waals surface area (Å²) in [4.78, 5) is 0. The van der Waals surface area contributed by atoms with E-state index in [-0.39, 0.29) is 0 Å². The first kappa shape index (κ1) is 12.7. The minimum absolute atomic E-state index is 0.729. The average molecular weight is 308 g/mol. The van der Waals surface area contributed by atoms with Gasteiger partial charge in [-0.2, -0.15) is 0 Å². The number of hydrogen-bond acceptors (Lipinski definition) is 1. The lowest BCUT2D eigenvalue weighted by atomic mass is 9.74. The van der Waals surface area contributed by atoms with E-state index in [2.05, 4.69) is 52.4 Å². The molecular weight excluding hydrogens is 286 g/mol. The van der Waals surface area contributed by atoms with Gasteiger partial charge in [0.05, 0.1) is 0 Å². The summed E-state index contributed by atoms with van der Waals surface area (Å²) in [6.07, 6.45) is 6.95. The standard InChI is InChI=1S/C16H22BrN/c1-11(12-4-2-5-12)18-16-9-14(10-16)13-6-3-7-15(17)8-13/h3,6-8,11-12,14,16,18H,2,4-5,9-10H2,1H3. The van der Waals surface area contributed by atoms with Crippen molar-refractivity contribution >= 4 is 15.9 Å². The second-order valence-corrected chi connectivity index (χ2v) is 6.98. The maximum Gasteiger partial charge on any atom is 0.0178 e. The SMILES string of the molecule is CC(NC1CC(c2cccc(Br)c2)C1)C1CCC1. The number of benzene rings is 1. The van der Waals surface area contributed by atoms with Gasteiger partial charge in [0.25, 0.3) is 0 Å². The van der Waals surface area contributed by atoms with Crippen LogP contribution in [0, 0.1) is 5.92 Å². The second-order valence-electron chi connectivity index (χ2n) is 6.07. The third-order valence-electron chi connectivity index (χ3n) is 4.81. The molecule has 0 radical (unpaired) electrons. The van der Waals surface area contributed by atoms with Crippen LogP contribution in [0.4, 0.5) is 0 Å². The maximum atomic E-state index is 3.82. The van der Waals surface area contributed by atoms with E-state index in [9.17, 15) is 0 Å². The lowest BCUT2D eigenvalue weighted by Gasteiger charge is -2.41. The molecule has 1 aromatic rings. The first-order valence-electron chi connectivity index (χ1n) is 7.24. The minimum Gasteiger partial charge on any atom is -0.311 e. The molecule has 1 aromatic carbocycles. The Morgan fingerprint density at radius 3 is 2.67 bits per heavy atom. The first-order valence-corrected chi connectivity index (χ1v) is 8.03. The molecule has 2 aliphatic rings. The molecule has 2 heteroatoms. The third kappa shape index (κ3) is 2.65. The zero-order chi connectivity index (χ0) is 12.5. The highest BCUT2D eigenvalue weighted by atomic mass is 79.9. The van der Waals surface area contributed by atoms with Crippen molar-refractivity contribution in [1.29, 1.82) is 0 Å². The quantitative estimate of drug-likeness (QED) is 0.865. The molecule has 1 nitrogen and oxygen atoms in total. The molecule has 0 saturated heterocycles. The van der Waals surface area contributed by atoms with E-state index in [1.54, 1.807) is 0 Å². The fourth-order valence-electron chi connectivity index (χ4n) is 3.23. The third-order valence-corrected chi connectivity index (χ3v) is 5.31. The van der Waals surface area contributed by atoms with Gasteiger partial charge in [-0.05, 0) is 62.1 Å². The van der Waals surface area contributed by atoms with Crippen molar-refractivity contribution in [3.05, 3.63) is 34.3 Å². The smallest absolute Gasteiger partial charge is 0.0178 e. The summed E-state index contributed by atoms with van der Waals surface area (Å²) < 4.78 is 1.21. The van der Waals surface area contributed by atoms with Crippen molar-refractivity contribution in [3.63, 3.8) is 0 Å². The Morgan fingerprint density at radius 2 is 2.06 bits per heavy atom. The summed E-state index contributed by atoms with van der Waals surface area (Å²) in [6, 6.07) is 10.3. The minimum atomic E-state index is 0.729. The molecule has 98 valence electrons. The van der Waals surface area contributed by atoms with Gasteiger partial charge < -0.3 is 5.32 Å². The van der Waals surface area contributed by atoms with Crippen LogP contribution in [0.3, 0.4) is 0 Å². The Kier molecular flexibility index (Phi) is 3.76. The van der Waals surface area contributed by atoms with Crippen LogP contribution in [-0.4, -0.2) is 12.1 Å². The van der Waals surface area contributed by atoms with Crippen molar-refractivity contribution in [2.24, 2.45) is 5.92 Å². The molecule has 0 spiro atoms. The summed E-state index contributed by atoms with van der Waals surface area (Å²) in [5.74, 6) is 1.73. The second kappa shape index (κ2) is 5.34. The van der Waals surface area contributed by atoms with Crippen LogP contribution < -0.4 is 5.32 Å². The predicted octanol–water partition coefficient (Wildman–Crippen LogP) is 4.47. The van der Waals surface area contributed by atoms with E-state index < -0.39 is 0 Å². The van der Waals surface area contributed by atoms with Gasteiger partial charge in [0.2, 0.25) is 0 Å². The molecule has 2 saturated carbocycles. The Morgan fingerprint density at radius 1 is 1.28 bits per heavy atom. The molecule has 0 amide bonds. The van der Waals surface area contributed by atoms with Gasteiger partial charge in [0.15, 0.2) is 0 Å². The zero-order valence-corrected chi connectivity index (χ0v) is 12.6. The highest BCUT2D eigenvalue weighted by molar-refractivity contribution is 9.10. The molecule has 3 rings (SSSR count). The molecule has 1 atom stereocenters. The summed E-state index contributed by atoms with van der Waals surface area (Å²) in [6.45, 7) is 2.37. The van der Waals surface area contributed by atoms with Gasteiger partial charge in [-0.3, -0.25) is 0 Å². The number of hydrogen-bond donors (Lipinski definition) is 1. The highest BCUT2D eigenvalue weighted by Gasteiger charge is 2.33. The Bertz CT molecular complexity index is 407. The monoisotopic (exact) mass is 307 g/mol. The molecule has 2 aliphatic carbocycles. The van der Waals surface area contributed by atoms with Gasteiger partial charge in [-0.25, -0.2) is 0 Å². The van der Waals surface area contributed by atoms with Gasteiger partial charge >= 0.3 is 0 Å². The van der Waals surface area contributed by atoms with Crippen LogP contribution in [0.2, 0.25) is 0 Å². The van der Waals surface area contributed by atoms with Crippen molar-refractivity contribution < 1.29 is 0 Å². The van der Waals surface area contributed by atoms with Gasteiger partial charge in [0, 0.05) is 16.6 Å². The number of halogens is 1. The molecule has 0 heterocycles. The van der Waals surface area contributed by atoms with Crippen LogP contribution in [0.15, 0.2) is 28.7 Å². The largest absolute Gasteiger partial charge is 0.311 e. The van der Waals surface area contributed by atoms with Crippen molar-refractivity contribution in [1.82, 2.24) is 5.32 Å². The molecule has 1 unspecified atom stereocenters. The maximum absolute atomic E-state index is 3.82. The molecule has 0 aliphatic heterocycles. The van der Waals surface area contributed by atoms with E-state index >= 15 is 0 Å². The summed E-state index contributed by atoms with van der Waals surface area (Å²) in [5.41, 5.74) is 1.50. The van der Waals surface area contributed by atoms with Crippen LogP contribution >= 0.6 is 15.9 Å². The fourth-order valence-corrected chi connectivity index (χ4v) is 3.65. The lowest BCUT2D eigenvalue weighted by Crippen LogP contribution is -2.48. The number of rotatable bonds is 4. The molecule has 1 N–H and O–H groups in total. The molecule has 2 fully saturated rings. The lowest BCUT2D eigenvalue weighted by molar-refractivity contribution is 0.188. The molecule has 18 heavy (non-hydrogen) atoms. The summed E-state index contributed by atoms with van der Waals surface area (Å²) in [7, 11) is 0. The van der Waals surface area contributed by atoms with Crippen LogP contribution in [-0.2, 0) is 0 Å². The van der Waals surface area contributed by atoms with Gasteiger partial charge in [-0.1, -0.05) is 34.5 Å². The summed E-state index contributed by atoms with van der Waals surface area (Å²) in [5, 5.41) is 3.82. The molecule has 0 aromatic heterocycles. The van der Waals surface area contributed by atoms with Gasteiger partial charge in [-0.15, -0.1) is 0 Å². The van der Waals surface area contributed by atoms with Crippen LogP contribution in [0.5, 0.6) is 0 Å². The van der Waals surface area contributed by atoms with Crippen LogP contribution in [0.25, 0.3) is 0 Å². The predicted molar refractivity (Wildman–Crippen MR) is 79.8 cm³/mol. The van der Waals surface area contributed by atoms with Crippen molar-refractivity contribution in [3.8, 4) is 0 Å². The Hall–Kier alpha value is -0.340. The zero-order valence-electron chi connectivity index (χ0n) is 11.0. The number of nitrogens with one attached hydrogen (secondary N) is 1. The van der Waals surface area contributed by atoms with Crippen molar-refractivity contribution in [2.45, 2.75) is 57.0 Å². The van der Waals surface area contributed by atoms with Crippen LogP contribution in [0.1, 0.15) is 50.5 Å². The molecule has 0 bridgehead atoms. The molecular formula is C16H22BrN. The van der Waals surface area contributed by atoms with E-state index in [1.807, 2.05) is 0 Å². The highest BCUT2D eigenvalue weighted by Crippen LogP contribution is 2.39. The van der Waals surface area contributed by atoms with E-state index in [1.165, 1.54) is 42.1 Å². The summed E-state index contributed by atoms with van der Waals surface area (Å²) >= 11 is 3.56. The first-order chi connectivity index (χ1) is 8.72. The Labute approximate surface area is 118 Å². The fraction of sp³-hybridized carbons (Fsp3) is 0.625. The van der Waals surface area contributed by atoms with E-state index in [0.717, 1.165) is 23.9 Å². The normalized spacial score (nSPS) is 29.4. The van der Waals surface area contributed by atoms with Gasteiger partial charge in [0.1, 0.15) is 0 Å². The van der Waals surface area contributed by atoms with E-state index in [0.29, 0.717) is 0 Å². The van der Waals surface area contributed by atoms with E-state index in [4.69, 9.17) is 0 Å². The van der Waals surface area contributed by atoms with Crippen molar-refractivity contribution in [2.75, 3.05) is 0 Å². The Balaban J connectivity index is 1.48.